The van der Waals surface area contributed by atoms with E-state index in [0.717, 1.165) is 31.6 Å². The van der Waals surface area contributed by atoms with E-state index in [0.29, 0.717) is 19.5 Å². The van der Waals surface area contributed by atoms with Crippen molar-refractivity contribution in [3.05, 3.63) is 71.9 Å². The Morgan fingerprint density at radius 1 is 0.857 bits per heavy atom. The van der Waals surface area contributed by atoms with E-state index in [1.165, 1.54) is 16.5 Å². The van der Waals surface area contributed by atoms with E-state index in [4.69, 9.17) is 0 Å². The van der Waals surface area contributed by atoms with Gasteiger partial charge in [-0.3, -0.25) is 0 Å². The maximum atomic E-state index is 12.7. The maximum absolute atomic E-state index is 12.7. The lowest BCUT2D eigenvalue weighted by atomic mass is 10.1. The molecule has 0 unspecified atom stereocenters. The van der Waals surface area contributed by atoms with E-state index in [9.17, 15) is 8.42 Å². The number of nitrogens with one attached hydrogen (secondary N) is 1. The standard InChI is InChI=1S/C22H27N3O2S/c26-28(27,17-11-19-6-2-1-3-7-19)25-15-13-24(14-16-25)12-10-20-18-23-22-9-5-4-8-21(20)22/h1-9,18,23H,10-17H2. The molecule has 0 saturated carbocycles. The third-order valence-corrected chi connectivity index (χ3v) is 7.46. The van der Waals surface area contributed by atoms with Crippen LogP contribution in [0.4, 0.5) is 0 Å². The molecule has 0 atom stereocenters. The maximum Gasteiger partial charge on any atom is 0.214 e. The van der Waals surface area contributed by atoms with Gasteiger partial charge in [-0.15, -0.1) is 0 Å². The van der Waals surface area contributed by atoms with Gasteiger partial charge in [0.25, 0.3) is 0 Å². The van der Waals surface area contributed by atoms with Crippen LogP contribution in [0.25, 0.3) is 10.9 Å². The lowest BCUT2D eigenvalue weighted by Crippen LogP contribution is -2.49. The number of aryl methyl sites for hydroxylation is 1. The summed E-state index contributed by atoms with van der Waals surface area (Å²) in [6, 6.07) is 18.2. The number of H-pyrrole nitrogens is 1. The summed E-state index contributed by atoms with van der Waals surface area (Å²) < 4.78 is 27.0. The summed E-state index contributed by atoms with van der Waals surface area (Å²) in [5.74, 6) is 0.187. The Morgan fingerprint density at radius 3 is 2.36 bits per heavy atom. The van der Waals surface area contributed by atoms with Gasteiger partial charge in [0.2, 0.25) is 10.0 Å². The van der Waals surface area contributed by atoms with Gasteiger partial charge >= 0.3 is 0 Å². The van der Waals surface area contributed by atoms with Gasteiger partial charge in [-0.05, 0) is 30.0 Å². The molecule has 5 nitrogen and oxygen atoms in total. The highest BCUT2D eigenvalue weighted by Crippen LogP contribution is 2.19. The number of para-hydroxylation sites is 1. The van der Waals surface area contributed by atoms with Crippen molar-refractivity contribution < 1.29 is 8.42 Å². The molecule has 2 aromatic carbocycles. The van der Waals surface area contributed by atoms with Crippen LogP contribution in [0.2, 0.25) is 0 Å². The minimum atomic E-state index is -3.19. The third kappa shape index (κ3) is 4.46. The van der Waals surface area contributed by atoms with Gasteiger partial charge in [-0.2, -0.15) is 4.31 Å². The Hall–Kier alpha value is -2.15. The number of benzene rings is 2. The van der Waals surface area contributed by atoms with Crippen molar-refractivity contribution in [1.29, 1.82) is 0 Å². The fraction of sp³-hybridized carbons (Fsp3) is 0.364. The predicted octanol–water partition coefficient (Wildman–Crippen LogP) is 2.90. The molecular formula is C22H27N3O2S. The van der Waals surface area contributed by atoms with E-state index in [2.05, 4.69) is 34.3 Å². The Bertz CT molecular complexity index is 1010. The molecule has 1 fully saturated rings. The molecule has 6 heteroatoms. The van der Waals surface area contributed by atoms with Crippen LogP contribution in [-0.4, -0.2) is 61.1 Å². The second-order valence-electron chi connectivity index (χ2n) is 7.40. The van der Waals surface area contributed by atoms with Gasteiger partial charge in [0.1, 0.15) is 0 Å². The molecule has 4 rings (SSSR count). The normalized spacial score (nSPS) is 16.6. The second kappa shape index (κ2) is 8.47. The molecule has 2 heterocycles. The van der Waals surface area contributed by atoms with Crippen LogP contribution in [0.3, 0.4) is 0 Å². The van der Waals surface area contributed by atoms with E-state index in [1.807, 2.05) is 36.4 Å². The summed E-state index contributed by atoms with van der Waals surface area (Å²) in [5, 5.41) is 1.28. The van der Waals surface area contributed by atoms with Crippen molar-refractivity contribution in [2.45, 2.75) is 12.8 Å². The molecule has 0 aliphatic carbocycles. The Kier molecular flexibility index (Phi) is 5.80. The number of aromatic nitrogens is 1. The number of piperazine rings is 1. The molecule has 0 radical (unpaired) electrons. The predicted molar refractivity (Wildman–Crippen MR) is 114 cm³/mol. The second-order valence-corrected chi connectivity index (χ2v) is 9.49. The molecule has 28 heavy (non-hydrogen) atoms. The summed E-state index contributed by atoms with van der Waals surface area (Å²) in [7, 11) is -3.19. The number of rotatable bonds is 7. The first-order chi connectivity index (χ1) is 13.6. The van der Waals surface area contributed by atoms with Crippen molar-refractivity contribution in [2.75, 3.05) is 38.5 Å². The average molecular weight is 398 g/mol. The molecular weight excluding hydrogens is 370 g/mol. The molecule has 0 spiro atoms. The van der Waals surface area contributed by atoms with Crippen LogP contribution >= 0.6 is 0 Å². The fourth-order valence-corrected chi connectivity index (χ4v) is 5.34. The highest BCUT2D eigenvalue weighted by Gasteiger charge is 2.26. The summed E-state index contributed by atoms with van der Waals surface area (Å²) in [4.78, 5) is 5.69. The van der Waals surface area contributed by atoms with Gasteiger partial charge in [0.05, 0.1) is 5.75 Å². The van der Waals surface area contributed by atoms with Crippen molar-refractivity contribution in [3.8, 4) is 0 Å². The molecule has 3 aromatic rings. The largest absolute Gasteiger partial charge is 0.361 e. The Balaban J connectivity index is 1.27. The summed E-state index contributed by atoms with van der Waals surface area (Å²) in [5.41, 5.74) is 3.57. The fourth-order valence-electron chi connectivity index (χ4n) is 3.87. The summed E-state index contributed by atoms with van der Waals surface area (Å²) >= 11 is 0. The number of fused-ring (bicyclic) bond motifs is 1. The van der Waals surface area contributed by atoms with Gasteiger partial charge in [0, 0.05) is 49.8 Å². The zero-order valence-electron chi connectivity index (χ0n) is 16.0. The average Bonchev–Trinajstić information content (AvgIpc) is 3.15. The minimum Gasteiger partial charge on any atom is -0.361 e. The first-order valence-corrected chi connectivity index (χ1v) is 11.5. The molecule has 0 bridgehead atoms. The van der Waals surface area contributed by atoms with Crippen LogP contribution in [0.15, 0.2) is 60.8 Å². The number of hydrogen-bond acceptors (Lipinski definition) is 3. The van der Waals surface area contributed by atoms with Gasteiger partial charge in [0.15, 0.2) is 0 Å². The van der Waals surface area contributed by atoms with Gasteiger partial charge < -0.3 is 9.88 Å². The first-order valence-electron chi connectivity index (χ1n) is 9.91. The van der Waals surface area contributed by atoms with Crippen molar-refractivity contribution in [2.24, 2.45) is 0 Å². The number of hydrogen-bond donors (Lipinski definition) is 1. The SMILES string of the molecule is O=S(=O)(CCc1ccccc1)N1CCN(CCc2c[nH]c3ccccc23)CC1. The number of sulfonamides is 1. The van der Waals surface area contributed by atoms with E-state index in [1.54, 1.807) is 4.31 Å². The van der Waals surface area contributed by atoms with E-state index in [-0.39, 0.29) is 5.75 Å². The smallest absolute Gasteiger partial charge is 0.214 e. The highest BCUT2D eigenvalue weighted by atomic mass is 32.2. The third-order valence-electron chi connectivity index (χ3n) is 5.59. The topological polar surface area (TPSA) is 56.4 Å². The van der Waals surface area contributed by atoms with Crippen LogP contribution in [0.5, 0.6) is 0 Å². The monoisotopic (exact) mass is 397 g/mol. The number of aromatic amines is 1. The lowest BCUT2D eigenvalue weighted by molar-refractivity contribution is 0.190. The molecule has 1 N–H and O–H groups in total. The Labute approximate surface area is 167 Å². The molecule has 0 amide bonds. The van der Waals surface area contributed by atoms with Crippen LogP contribution in [0.1, 0.15) is 11.1 Å². The molecule has 1 saturated heterocycles. The van der Waals surface area contributed by atoms with Crippen LogP contribution < -0.4 is 0 Å². The highest BCUT2D eigenvalue weighted by molar-refractivity contribution is 7.89. The van der Waals surface area contributed by atoms with E-state index < -0.39 is 10.0 Å². The number of nitrogens with zero attached hydrogens (tertiary/aromatic N) is 2. The Morgan fingerprint density at radius 2 is 1.57 bits per heavy atom. The van der Waals surface area contributed by atoms with Crippen LogP contribution in [0, 0.1) is 0 Å². The zero-order chi connectivity index (χ0) is 19.4. The molecule has 1 aliphatic rings. The molecule has 148 valence electrons. The quantitative estimate of drug-likeness (QED) is 0.667. The zero-order valence-corrected chi connectivity index (χ0v) is 16.9. The van der Waals surface area contributed by atoms with E-state index >= 15 is 0 Å². The van der Waals surface area contributed by atoms with Crippen LogP contribution in [-0.2, 0) is 22.9 Å². The van der Waals surface area contributed by atoms with Gasteiger partial charge in [-0.25, -0.2) is 8.42 Å². The first kappa shape index (κ1) is 19.2. The summed E-state index contributed by atoms with van der Waals surface area (Å²) in [6.45, 7) is 3.73. The molecule has 1 aliphatic heterocycles. The molecule has 1 aromatic heterocycles. The summed E-state index contributed by atoms with van der Waals surface area (Å²) in [6.07, 6.45) is 3.64. The minimum absolute atomic E-state index is 0.187. The van der Waals surface area contributed by atoms with Crippen molar-refractivity contribution in [1.82, 2.24) is 14.2 Å². The van der Waals surface area contributed by atoms with Gasteiger partial charge in [-0.1, -0.05) is 48.5 Å². The van der Waals surface area contributed by atoms with Crippen molar-refractivity contribution in [3.63, 3.8) is 0 Å². The van der Waals surface area contributed by atoms with Crippen molar-refractivity contribution >= 4 is 20.9 Å². The lowest BCUT2D eigenvalue weighted by Gasteiger charge is -2.34.